The number of unbranched alkanes of at least 4 members (excludes halogenated alkanes) is 9. The van der Waals surface area contributed by atoms with Gasteiger partial charge in [-0.15, -0.1) is 0 Å². The summed E-state index contributed by atoms with van der Waals surface area (Å²) in [6.45, 7) is 11.7. The molecule has 0 bridgehead atoms. The molecule has 0 radical (unpaired) electrons. The zero-order chi connectivity index (χ0) is 26.7. The fourth-order valence-electron chi connectivity index (χ4n) is 5.66. The summed E-state index contributed by atoms with van der Waals surface area (Å²) >= 11 is 0. The molecule has 1 heteroatoms. The first kappa shape index (κ1) is 32.1. The first-order valence-electron chi connectivity index (χ1n) is 16.2. The van der Waals surface area contributed by atoms with Gasteiger partial charge in [0.2, 0.25) is 0 Å². The van der Waals surface area contributed by atoms with Crippen LogP contribution in [-0.4, -0.2) is 6.16 Å². The molecule has 0 aromatic heterocycles. The predicted molar refractivity (Wildman–Crippen MR) is 172 cm³/mol. The molecule has 0 saturated carbocycles. The third-order valence-electron chi connectivity index (χ3n) is 7.97. The van der Waals surface area contributed by atoms with Crippen LogP contribution in [0.15, 0.2) is 36.4 Å². The molecule has 0 fully saturated rings. The number of aryl methyl sites for hydroxylation is 2. The van der Waals surface area contributed by atoms with Gasteiger partial charge in [0.1, 0.15) is 0 Å². The zero-order valence-corrected chi connectivity index (χ0v) is 26.2. The molecule has 0 saturated heterocycles. The van der Waals surface area contributed by atoms with E-state index in [2.05, 4.69) is 71.0 Å². The zero-order valence-electron chi connectivity index (χ0n) is 25.3. The maximum absolute atomic E-state index is 2.55. The first-order valence-corrected chi connectivity index (χ1v) is 17.7. The van der Waals surface area contributed by atoms with Gasteiger partial charge in [-0.3, -0.25) is 0 Å². The Morgan fingerprint density at radius 2 is 0.838 bits per heavy atom. The number of hydrogen-bond acceptors (Lipinski definition) is 0. The highest BCUT2D eigenvalue weighted by molar-refractivity contribution is 7.73. The van der Waals surface area contributed by atoms with Crippen LogP contribution in [0.3, 0.4) is 0 Å². The van der Waals surface area contributed by atoms with E-state index in [-0.39, 0.29) is 7.92 Å². The molecule has 0 atom stereocenters. The van der Waals surface area contributed by atoms with Crippen molar-refractivity contribution >= 4 is 18.5 Å². The highest BCUT2D eigenvalue weighted by atomic mass is 31.1. The van der Waals surface area contributed by atoms with Gasteiger partial charge in [-0.05, 0) is 105 Å². The molecule has 0 aliphatic rings. The lowest BCUT2D eigenvalue weighted by Gasteiger charge is -2.27. The Bertz CT molecular complexity index is 788. The van der Waals surface area contributed by atoms with Gasteiger partial charge in [0, 0.05) is 0 Å². The van der Waals surface area contributed by atoms with Gasteiger partial charge in [0.25, 0.3) is 0 Å². The summed E-state index contributed by atoms with van der Waals surface area (Å²) in [5.74, 6) is 0. The molecule has 2 aromatic carbocycles. The van der Waals surface area contributed by atoms with Gasteiger partial charge in [0.15, 0.2) is 0 Å². The molecule has 0 heterocycles. The fourth-order valence-corrected chi connectivity index (χ4v) is 8.63. The minimum atomic E-state index is -0.312. The molecule has 2 aromatic rings. The van der Waals surface area contributed by atoms with Crippen LogP contribution in [-0.2, 0) is 25.7 Å². The van der Waals surface area contributed by atoms with Crippen LogP contribution < -0.4 is 10.6 Å². The van der Waals surface area contributed by atoms with Crippen molar-refractivity contribution in [1.29, 1.82) is 0 Å². The molecule has 208 valence electrons. The van der Waals surface area contributed by atoms with Gasteiger partial charge in [-0.1, -0.05) is 129 Å². The van der Waals surface area contributed by atoms with Gasteiger partial charge < -0.3 is 0 Å². The Morgan fingerprint density at radius 1 is 0.432 bits per heavy atom. The van der Waals surface area contributed by atoms with Crippen LogP contribution >= 0.6 is 7.92 Å². The van der Waals surface area contributed by atoms with Crippen LogP contribution in [0.2, 0.25) is 0 Å². The molecule has 0 N–H and O–H groups in total. The average molecular weight is 523 g/mol. The number of rotatable bonds is 21. The lowest BCUT2D eigenvalue weighted by Crippen LogP contribution is -2.23. The van der Waals surface area contributed by atoms with E-state index in [9.17, 15) is 0 Å². The van der Waals surface area contributed by atoms with E-state index in [4.69, 9.17) is 0 Å². The summed E-state index contributed by atoms with van der Waals surface area (Å²) in [5.41, 5.74) is 6.77. The highest BCUT2D eigenvalue weighted by Crippen LogP contribution is 2.40. The molecule has 2 rings (SSSR count). The summed E-state index contributed by atoms with van der Waals surface area (Å²) in [7, 11) is -0.312. The molecule has 0 spiro atoms. The second kappa shape index (κ2) is 19.9. The minimum absolute atomic E-state index is 0.312. The van der Waals surface area contributed by atoms with Crippen LogP contribution in [0.1, 0.15) is 147 Å². The molecule has 37 heavy (non-hydrogen) atoms. The second-order valence-corrected chi connectivity index (χ2v) is 13.4. The monoisotopic (exact) mass is 522 g/mol. The molecule has 0 unspecified atom stereocenters. The quantitative estimate of drug-likeness (QED) is 0.113. The van der Waals surface area contributed by atoms with Crippen LogP contribution in [0.5, 0.6) is 0 Å². The average Bonchev–Trinajstić information content (AvgIpc) is 2.92. The predicted octanol–water partition coefficient (Wildman–Crippen LogP) is 10.9. The molecular formula is C36H59P. The molecule has 0 amide bonds. The Kier molecular flexibility index (Phi) is 17.2. The van der Waals surface area contributed by atoms with Crippen molar-refractivity contribution in [3.05, 3.63) is 58.7 Å². The van der Waals surface area contributed by atoms with Crippen molar-refractivity contribution in [2.45, 2.75) is 150 Å². The van der Waals surface area contributed by atoms with Crippen molar-refractivity contribution in [1.82, 2.24) is 0 Å². The Hall–Kier alpha value is -1.13. The van der Waals surface area contributed by atoms with Gasteiger partial charge >= 0.3 is 0 Å². The van der Waals surface area contributed by atoms with Gasteiger partial charge in [0.05, 0.1) is 0 Å². The van der Waals surface area contributed by atoms with Crippen molar-refractivity contribution in [2.75, 3.05) is 6.16 Å². The summed E-state index contributed by atoms with van der Waals surface area (Å²) in [6, 6.07) is 14.8. The first-order chi connectivity index (χ1) is 18.2. The topological polar surface area (TPSA) is 0 Å². The fraction of sp³-hybridized carbons (Fsp3) is 0.667. The smallest absolute Gasteiger partial charge is 0.0160 e. The molecular weight excluding hydrogens is 463 g/mol. The van der Waals surface area contributed by atoms with Crippen LogP contribution in [0, 0.1) is 0 Å². The van der Waals surface area contributed by atoms with Crippen molar-refractivity contribution in [2.24, 2.45) is 0 Å². The normalized spacial score (nSPS) is 11.5. The second-order valence-electron chi connectivity index (χ2n) is 11.2. The number of hydrogen-bond donors (Lipinski definition) is 0. The van der Waals surface area contributed by atoms with Crippen LogP contribution in [0.25, 0.3) is 0 Å². The van der Waals surface area contributed by atoms with Gasteiger partial charge in [-0.2, -0.15) is 0 Å². The van der Waals surface area contributed by atoms with Crippen molar-refractivity contribution in [3.63, 3.8) is 0 Å². The largest absolute Gasteiger partial charge is 0.0654 e. The van der Waals surface area contributed by atoms with E-state index >= 15 is 0 Å². The Morgan fingerprint density at radius 3 is 1.30 bits per heavy atom. The minimum Gasteiger partial charge on any atom is -0.0654 e. The lowest BCUT2D eigenvalue weighted by atomic mass is 9.97. The summed E-state index contributed by atoms with van der Waals surface area (Å²) in [4.78, 5) is 0. The van der Waals surface area contributed by atoms with Crippen molar-refractivity contribution in [3.8, 4) is 0 Å². The SMILES string of the molecule is CCCCCCCCP(c1cccc(CCCC)c1CCCC)c1cccc(CCCC)c1CCCC. The molecule has 0 nitrogen and oxygen atoms in total. The Labute approximate surface area is 233 Å². The van der Waals surface area contributed by atoms with E-state index in [0.29, 0.717) is 0 Å². The Balaban J connectivity index is 2.54. The van der Waals surface area contributed by atoms with Gasteiger partial charge in [-0.25, -0.2) is 0 Å². The van der Waals surface area contributed by atoms with E-state index in [1.54, 1.807) is 32.9 Å². The van der Waals surface area contributed by atoms with E-state index in [1.165, 1.54) is 122 Å². The number of benzene rings is 2. The maximum Gasteiger partial charge on any atom is -0.0160 e. The highest BCUT2D eigenvalue weighted by Gasteiger charge is 2.22. The van der Waals surface area contributed by atoms with Crippen molar-refractivity contribution < 1.29 is 0 Å². The lowest BCUT2D eigenvalue weighted by molar-refractivity contribution is 0.626. The third kappa shape index (κ3) is 10.9. The summed E-state index contributed by atoms with van der Waals surface area (Å²) in [6.07, 6.45) is 25.1. The summed E-state index contributed by atoms with van der Waals surface area (Å²) < 4.78 is 0. The third-order valence-corrected chi connectivity index (χ3v) is 10.7. The molecule has 0 aliphatic carbocycles. The maximum atomic E-state index is 2.55. The molecule has 0 aliphatic heterocycles. The standard InChI is InChI=1S/C36H59P/c1-6-11-16-17-18-19-30-37(35-28-20-24-31(22-12-7-2)33(35)26-14-9-4)36-29-21-25-32(23-13-8-3)34(36)27-15-10-5/h20-21,24-25,28-29H,6-19,22-23,26-27,30H2,1-5H3. The summed E-state index contributed by atoms with van der Waals surface area (Å²) in [5, 5.41) is 3.46. The van der Waals surface area contributed by atoms with E-state index in [0.717, 1.165) is 0 Å². The van der Waals surface area contributed by atoms with E-state index < -0.39 is 0 Å². The van der Waals surface area contributed by atoms with Crippen LogP contribution in [0.4, 0.5) is 0 Å². The van der Waals surface area contributed by atoms with E-state index in [1.807, 2.05) is 0 Å².